The first kappa shape index (κ1) is 13.3. The Morgan fingerprint density at radius 2 is 2.28 bits per heavy atom. The smallest absolute Gasteiger partial charge is 0.0698 e. The Bertz CT molecular complexity index is 382. The molecular formula is C14H22N2O2. The van der Waals surface area contributed by atoms with Crippen LogP contribution in [0.4, 0.5) is 5.69 Å². The Balaban J connectivity index is 1.74. The van der Waals surface area contributed by atoms with Gasteiger partial charge in [0.25, 0.3) is 0 Å². The molecule has 18 heavy (non-hydrogen) atoms. The monoisotopic (exact) mass is 250 g/mol. The molecule has 0 radical (unpaired) electrons. The normalized spacial score (nSPS) is 14.0. The maximum absolute atomic E-state index is 8.56. The molecule has 2 rings (SSSR count). The summed E-state index contributed by atoms with van der Waals surface area (Å²) in [6, 6.07) is 6.68. The number of aliphatic hydroxyl groups is 1. The van der Waals surface area contributed by atoms with Crippen LogP contribution in [-0.2, 0) is 17.7 Å². The minimum Gasteiger partial charge on any atom is -0.394 e. The Morgan fingerprint density at radius 3 is 3.11 bits per heavy atom. The molecule has 0 aromatic heterocycles. The van der Waals surface area contributed by atoms with Gasteiger partial charge in [-0.15, -0.1) is 0 Å². The second-order valence-electron chi connectivity index (χ2n) is 4.65. The summed E-state index contributed by atoms with van der Waals surface area (Å²) < 4.78 is 5.19. The van der Waals surface area contributed by atoms with Gasteiger partial charge in [-0.2, -0.15) is 0 Å². The van der Waals surface area contributed by atoms with E-state index in [0.29, 0.717) is 13.2 Å². The van der Waals surface area contributed by atoms with Gasteiger partial charge in [-0.25, -0.2) is 0 Å². The van der Waals surface area contributed by atoms with Crippen LogP contribution in [0.15, 0.2) is 18.2 Å². The zero-order valence-corrected chi connectivity index (χ0v) is 11.0. The quantitative estimate of drug-likeness (QED) is 0.702. The number of rotatable bonds is 7. The Morgan fingerprint density at radius 1 is 1.39 bits per heavy atom. The topological polar surface area (TPSA) is 44.7 Å². The van der Waals surface area contributed by atoms with E-state index in [2.05, 4.69) is 35.5 Å². The van der Waals surface area contributed by atoms with Crippen LogP contribution in [0.2, 0.25) is 0 Å². The number of nitrogens with one attached hydrogen (secondary N) is 1. The van der Waals surface area contributed by atoms with Gasteiger partial charge >= 0.3 is 0 Å². The van der Waals surface area contributed by atoms with Gasteiger partial charge in [-0.05, 0) is 23.6 Å². The van der Waals surface area contributed by atoms with Crippen molar-refractivity contribution in [3.05, 3.63) is 29.3 Å². The minimum absolute atomic E-state index is 0.0956. The van der Waals surface area contributed by atoms with E-state index < -0.39 is 0 Å². The number of nitrogens with zero attached hydrogens (tertiary/aromatic N) is 1. The molecule has 1 aliphatic heterocycles. The highest BCUT2D eigenvalue weighted by Gasteiger charge is 2.15. The van der Waals surface area contributed by atoms with Crippen molar-refractivity contribution < 1.29 is 9.84 Å². The van der Waals surface area contributed by atoms with E-state index in [1.54, 1.807) is 0 Å². The first-order valence-corrected chi connectivity index (χ1v) is 6.53. The predicted octanol–water partition coefficient (Wildman–Crippen LogP) is 0.777. The van der Waals surface area contributed by atoms with Gasteiger partial charge in [0.15, 0.2) is 0 Å². The second kappa shape index (κ2) is 6.73. The lowest BCUT2D eigenvalue weighted by molar-refractivity contribution is 0.0938. The number of fused-ring (bicyclic) bond motifs is 1. The van der Waals surface area contributed by atoms with E-state index in [4.69, 9.17) is 9.84 Å². The lowest BCUT2D eigenvalue weighted by Gasteiger charge is -2.12. The van der Waals surface area contributed by atoms with Gasteiger partial charge in [-0.3, -0.25) is 0 Å². The molecule has 1 aliphatic rings. The van der Waals surface area contributed by atoms with Crippen LogP contribution in [0, 0.1) is 0 Å². The Labute approximate surface area is 109 Å². The third-order valence-electron chi connectivity index (χ3n) is 3.26. The molecule has 0 amide bonds. The molecule has 0 fully saturated rings. The molecule has 1 heterocycles. The molecule has 4 heteroatoms. The van der Waals surface area contributed by atoms with Gasteiger partial charge < -0.3 is 20.1 Å². The Kier molecular flexibility index (Phi) is 4.99. The fourth-order valence-electron chi connectivity index (χ4n) is 2.27. The van der Waals surface area contributed by atoms with Crippen molar-refractivity contribution in [3.8, 4) is 0 Å². The summed E-state index contributed by atoms with van der Waals surface area (Å²) in [5, 5.41) is 11.9. The summed E-state index contributed by atoms with van der Waals surface area (Å²) in [7, 11) is 2.14. The molecule has 2 N–H and O–H groups in total. The lowest BCUT2D eigenvalue weighted by Crippen LogP contribution is -2.20. The van der Waals surface area contributed by atoms with Crippen molar-refractivity contribution in [1.82, 2.24) is 5.32 Å². The van der Waals surface area contributed by atoms with E-state index in [1.165, 1.54) is 16.8 Å². The van der Waals surface area contributed by atoms with Crippen molar-refractivity contribution in [2.75, 3.05) is 44.9 Å². The molecule has 1 aromatic rings. The first-order valence-electron chi connectivity index (χ1n) is 6.53. The molecular weight excluding hydrogens is 228 g/mol. The molecule has 0 bridgehead atoms. The minimum atomic E-state index is 0.0956. The van der Waals surface area contributed by atoms with E-state index in [0.717, 1.165) is 26.1 Å². The molecule has 4 nitrogen and oxygen atoms in total. The van der Waals surface area contributed by atoms with Crippen LogP contribution < -0.4 is 10.2 Å². The van der Waals surface area contributed by atoms with E-state index in [1.807, 2.05) is 0 Å². The van der Waals surface area contributed by atoms with Gasteiger partial charge in [0.2, 0.25) is 0 Å². The molecule has 0 atom stereocenters. The molecule has 100 valence electrons. The zero-order valence-electron chi connectivity index (χ0n) is 11.0. The molecule has 1 aromatic carbocycles. The van der Waals surface area contributed by atoms with Crippen LogP contribution >= 0.6 is 0 Å². The van der Waals surface area contributed by atoms with E-state index >= 15 is 0 Å². The predicted molar refractivity (Wildman–Crippen MR) is 73.0 cm³/mol. The van der Waals surface area contributed by atoms with Crippen molar-refractivity contribution >= 4 is 5.69 Å². The molecule has 0 saturated heterocycles. The highest BCUT2D eigenvalue weighted by atomic mass is 16.5. The summed E-state index contributed by atoms with van der Waals surface area (Å²) >= 11 is 0. The third-order valence-corrected chi connectivity index (χ3v) is 3.26. The summed E-state index contributed by atoms with van der Waals surface area (Å²) in [6.45, 7) is 3.98. The van der Waals surface area contributed by atoms with Crippen LogP contribution in [-0.4, -0.2) is 45.1 Å². The summed E-state index contributed by atoms with van der Waals surface area (Å²) in [6.07, 6.45) is 1.15. The molecule has 0 saturated carbocycles. The number of likely N-dealkylation sites (N-methyl/N-ethyl adjacent to an activating group) is 1. The number of ether oxygens (including phenoxy) is 1. The fourth-order valence-corrected chi connectivity index (χ4v) is 2.27. The average molecular weight is 250 g/mol. The number of benzene rings is 1. The molecule has 0 spiro atoms. The third kappa shape index (κ3) is 3.45. The van der Waals surface area contributed by atoms with Crippen LogP contribution in [0.25, 0.3) is 0 Å². The maximum atomic E-state index is 8.56. The average Bonchev–Trinajstić information content (AvgIpc) is 2.75. The zero-order chi connectivity index (χ0) is 12.8. The molecule has 0 aliphatic carbocycles. The number of hydrogen-bond acceptors (Lipinski definition) is 4. The summed E-state index contributed by atoms with van der Waals surface area (Å²) in [5.41, 5.74) is 4.14. The highest BCUT2D eigenvalue weighted by molar-refractivity contribution is 5.58. The van der Waals surface area contributed by atoms with Crippen molar-refractivity contribution in [3.63, 3.8) is 0 Å². The maximum Gasteiger partial charge on any atom is 0.0698 e. The van der Waals surface area contributed by atoms with Crippen LogP contribution in [0.1, 0.15) is 11.1 Å². The highest BCUT2D eigenvalue weighted by Crippen LogP contribution is 2.27. The lowest BCUT2D eigenvalue weighted by atomic mass is 10.1. The van der Waals surface area contributed by atoms with Crippen molar-refractivity contribution in [2.24, 2.45) is 0 Å². The van der Waals surface area contributed by atoms with E-state index in [-0.39, 0.29) is 6.61 Å². The fraction of sp³-hybridized carbons (Fsp3) is 0.571. The SMILES string of the molecule is CN1CCc2cc(CNCCOCCO)ccc21. The standard InChI is InChI=1S/C14H22N2O2/c1-16-6-4-13-10-12(2-3-14(13)16)11-15-5-8-18-9-7-17/h2-3,10,15,17H,4-9,11H2,1H3. The Hall–Kier alpha value is -1.10. The van der Waals surface area contributed by atoms with Gasteiger partial charge in [-0.1, -0.05) is 12.1 Å². The van der Waals surface area contributed by atoms with Gasteiger partial charge in [0, 0.05) is 32.4 Å². The first-order chi connectivity index (χ1) is 8.81. The molecule has 0 unspecified atom stereocenters. The largest absolute Gasteiger partial charge is 0.394 e. The number of anilines is 1. The van der Waals surface area contributed by atoms with Crippen LogP contribution in [0.5, 0.6) is 0 Å². The van der Waals surface area contributed by atoms with Gasteiger partial charge in [0.1, 0.15) is 0 Å². The second-order valence-corrected chi connectivity index (χ2v) is 4.65. The number of hydrogen-bond donors (Lipinski definition) is 2. The van der Waals surface area contributed by atoms with Gasteiger partial charge in [0.05, 0.1) is 19.8 Å². The summed E-state index contributed by atoms with van der Waals surface area (Å²) in [4.78, 5) is 2.30. The van der Waals surface area contributed by atoms with Crippen molar-refractivity contribution in [1.29, 1.82) is 0 Å². The van der Waals surface area contributed by atoms with E-state index in [9.17, 15) is 0 Å². The van der Waals surface area contributed by atoms with Crippen LogP contribution in [0.3, 0.4) is 0 Å². The number of aliphatic hydroxyl groups excluding tert-OH is 1. The summed E-state index contributed by atoms with van der Waals surface area (Å²) in [5.74, 6) is 0. The van der Waals surface area contributed by atoms with Crippen molar-refractivity contribution in [2.45, 2.75) is 13.0 Å².